The van der Waals surface area contributed by atoms with E-state index in [4.69, 9.17) is 0 Å². The van der Waals surface area contributed by atoms with E-state index in [1.54, 1.807) is 0 Å². The summed E-state index contributed by atoms with van der Waals surface area (Å²) in [6.45, 7) is 0.915. The largest absolute Gasteiger partial charge is 0.454 e. The summed E-state index contributed by atoms with van der Waals surface area (Å²) in [5.74, 6) is -1.05. The summed E-state index contributed by atoms with van der Waals surface area (Å²) in [5, 5.41) is 0. The van der Waals surface area contributed by atoms with Crippen LogP contribution in [0.3, 0.4) is 0 Å². The molecule has 4 nitrogen and oxygen atoms in total. The fraction of sp³-hybridized carbons (Fsp3) is 0.500. The molecular formula is C4H5IO4. The first-order valence-electron chi connectivity index (χ1n) is 2.11. The number of esters is 1. The van der Waals surface area contributed by atoms with Crippen LogP contribution in [0.5, 0.6) is 0 Å². The molecule has 0 atom stereocenters. The van der Waals surface area contributed by atoms with Gasteiger partial charge < -0.3 is 7.80 Å². The number of ether oxygens (including phenoxy) is 1. The van der Waals surface area contributed by atoms with E-state index in [-0.39, 0.29) is 6.61 Å². The van der Waals surface area contributed by atoms with Gasteiger partial charge in [-0.25, -0.2) is 4.79 Å². The zero-order valence-electron chi connectivity index (χ0n) is 4.72. The number of hydrogen-bond donors (Lipinski definition) is 0. The van der Waals surface area contributed by atoms with E-state index in [0.29, 0.717) is 0 Å². The molecule has 0 aromatic carbocycles. The highest BCUT2D eigenvalue weighted by Crippen LogP contribution is 1.87. The second-order valence-electron chi connectivity index (χ2n) is 1.23. The predicted octanol–water partition coefficient (Wildman–Crippen LogP) is 0.443. The van der Waals surface area contributed by atoms with Crippen molar-refractivity contribution < 1.29 is 17.4 Å². The number of halogens is 1. The van der Waals surface area contributed by atoms with Gasteiger partial charge in [0.25, 0.3) is 0 Å². The van der Waals surface area contributed by atoms with Gasteiger partial charge in [0.1, 0.15) is 0 Å². The van der Waals surface area contributed by atoms with Crippen LogP contribution >= 0.6 is 23.0 Å². The smallest absolute Gasteiger partial charge is 0.353 e. The van der Waals surface area contributed by atoms with E-state index < -0.39 is 11.9 Å². The molecular weight excluding hydrogens is 239 g/mol. The van der Waals surface area contributed by atoms with Gasteiger partial charge in [-0.1, -0.05) is 0 Å². The summed E-state index contributed by atoms with van der Waals surface area (Å²) in [5.41, 5.74) is 0. The molecule has 0 unspecified atom stereocenters. The van der Waals surface area contributed by atoms with Crippen LogP contribution < -0.4 is 0 Å². The van der Waals surface area contributed by atoms with Crippen LogP contribution in [0.1, 0.15) is 6.92 Å². The molecule has 0 aromatic rings. The van der Waals surface area contributed by atoms with E-state index in [9.17, 15) is 9.59 Å². The molecule has 0 aliphatic rings. The SMILES string of the molecule is CC(=O)OCC(=O)OI. The Morgan fingerprint density at radius 2 is 2.11 bits per heavy atom. The maximum absolute atomic E-state index is 10.2. The number of rotatable bonds is 2. The summed E-state index contributed by atoms with van der Waals surface area (Å²) in [6.07, 6.45) is 0. The Morgan fingerprint density at radius 3 is 2.44 bits per heavy atom. The van der Waals surface area contributed by atoms with Gasteiger partial charge in [0.05, 0.1) is 0 Å². The van der Waals surface area contributed by atoms with Gasteiger partial charge in [0.15, 0.2) is 29.6 Å². The third-order valence-corrected chi connectivity index (χ3v) is 0.971. The van der Waals surface area contributed by atoms with Gasteiger partial charge >= 0.3 is 11.9 Å². The van der Waals surface area contributed by atoms with Crippen molar-refractivity contribution >= 4 is 34.9 Å². The van der Waals surface area contributed by atoms with Crippen LogP contribution in [-0.2, 0) is 17.4 Å². The normalized spacial score (nSPS) is 8.22. The third-order valence-electron chi connectivity index (χ3n) is 0.479. The zero-order valence-corrected chi connectivity index (χ0v) is 6.88. The fourth-order valence-corrected chi connectivity index (χ4v) is 0.310. The molecule has 0 aromatic heterocycles. The molecule has 0 aliphatic heterocycles. The highest BCUT2D eigenvalue weighted by atomic mass is 127. The monoisotopic (exact) mass is 244 g/mol. The lowest BCUT2D eigenvalue weighted by Crippen LogP contribution is -2.10. The van der Waals surface area contributed by atoms with Gasteiger partial charge in [-0.3, -0.25) is 4.79 Å². The van der Waals surface area contributed by atoms with Gasteiger partial charge in [0, 0.05) is 6.92 Å². The summed E-state index contributed by atoms with van der Waals surface area (Å²) >= 11 is 1.42. The van der Waals surface area contributed by atoms with Crippen molar-refractivity contribution in [3.05, 3.63) is 0 Å². The first-order valence-corrected chi connectivity index (χ1v) is 2.99. The van der Waals surface area contributed by atoms with Crippen molar-refractivity contribution in [1.29, 1.82) is 0 Å². The molecule has 0 aliphatic carbocycles. The molecule has 0 saturated carbocycles. The van der Waals surface area contributed by atoms with Crippen LogP contribution in [0.4, 0.5) is 0 Å². The second kappa shape index (κ2) is 4.54. The van der Waals surface area contributed by atoms with Crippen molar-refractivity contribution in [3.8, 4) is 0 Å². The molecule has 9 heavy (non-hydrogen) atoms. The van der Waals surface area contributed by atoms with Crippen LogP contribution in [0, 0.1) is 0 Å². The van der Waals surface area contributed by atoms with E-state index in [2.05, 4.69) is 7.80 Å². The third kappa shape index (κ3) is 5.54. The molecule has 0 heterocycles. The molecule has 0 saturated heterocycles. The maximum Gasteiger partial charge on any atom is 0.353 e. The minimum Gasteiger partial charge on any atom is -0.454 e. The van der Waals surface area contributed by atoms with Crippen LogP contribution in [0.15, 0.2) is 0 Å². The van der Waals surface area contributed by atoms with E-state index in [1.165, 1.54) is 29.9 Å². The number of hydrogen-bond acceptors (Lipinski definition) is 4. The Bertz CT molecular complexity index is 122. The van der Waals surface area contributed by atoms with E-state index in [0.717, 1.165) is 0 Å². The molecule has 0 fully saturated rings. The van der Waals surface area contributed by atoms with Gasteiger partial charge in [-0.05, 0) is 0 Å². The molecule has 0 amide bonds. The van der Waals surface area contributed by atoms with Crippen molar-refractivity contribution in [2.24, 2.45) is 0 Å². The van der Waals surface area contributed by atoms with Gasteiger partial charge in [-0.2, -0.15) is 0 Å². The molecule has 0 bridgehead atoms. The lowest BCUT2D eigenvalue weighted by atomic mass is 10.7. The summed E-state index contributed by atoms with van der Waals surface area (Å²) < 4.78 is 8.43. The summed E-state index contributed by atoms with van der Waals surface area (Å²) in [7, 11) is 0. The first kappa shape index (κ1) is 8.67. The minimum atomic E-state index is -0.564. The topological polar surface area (TPSA) is 52.6 Å². The predicted molar refractivity (Wildman–Crippen MR) is 36.7 cm³/mol. The van der Waals surface area contributed by atoms with Crippen molar-refractivity contribution in [2.75, 3.05) is 6.61 Å². The molecule has 5 heteroatoms. The number of carbonyl (C=O) groups is 2. The minimum absolute atomic E-state index is 0.307. The quantitative estimate of drug-likeness (QED) is 0.522. The van der Waals surface area contributed by atoms with Crippen molar-refractivity contribution in [1.82, 2.24) is 0 Å². The highest BCUT2D eigenvalue weighted by Gasteiger charge is 2.01. The van der Waals surface area contributed by atoms with Crippen molar-refractivity contribution in [2.45, 2.75) is 6.92 Å². The summed E-state index contributed by atoms with van der Waals surface area (Å²) in [6, 6.07) is 0. The van der Waals surface area contributed by atoms with E-state index >= 15 is 0 Å². The van der Waals surface area contributed by atoms with Crippen LogP contribution in [0.2, 0.25) is 0 Å². The van der Waals surface area contributed by atoms with Crippen molar-refractivity contribution in [3.63, 3.8) is 0 Å². The lowest BCUT2D eigenvalue weighted by Gasteiger charge is -1.95. The molecule has 52 valence electrons. The standard InChI is InChI=1S/C4H5IO4/c1-3(6)8-2-4(7)9-5/h2H2,1H3. The Hall–Kier alpha value is -0.330. The highest BCUT2D eigenvalue weighted by molar-refractivity contribution is 14.1. The second-order valence-corrected chi connectivity index (χ2v) is 1.67. The molecule has 0 N–H and O–H groups in total. The Balaban J connectivity index is 3.28. The average Bonchev–Trinajstić information content (AvgIpc) is 1.83. The van der Waals surface area contributed by atoms with E-state index in [1.807, 2.05) is 0 Å². The Morgan fingerprint density at radius 1 is 1.56 bits per heavy atom. The zero-order chi connectivity index (χ0) is 7.28. The van der Waals surface area contributed by atoms with Gasteiger partial charge in [-0.15, -0.1) is 0 Å². The maximum atomic E-state index is 10.2. The van der Waals surface area contributed by atoms with Crippen LogP contribution in [-0.4, -0.2) is 18.5 Å². The first-order chi connectivity index (χ1) is 4.16. The lowest BCUT2D eigenvalue weighted by molar-refractivity contribution is -0.150. The molecule has 0 radical (unpaired) electrons. The number of carbonyl (C=O) groups excluding carboxylic acids is 2. The average molecular weight is 244 g/mol. The Labute approximate surface area is 66.2 Å². The van der Waals surface area contributed by atoms with Crippen LogP contribution in [0.25, 0.3) is 0 Å². The molecule has 0 spiro atoms. The Kier molecular flexibility index (Phi) is 4.37. The fourth-order valence-electron chi connectivity index (χ4n) is 0.183. The van der Waals surface area contributed by atoms with Gasteiger partial charge in [0.2, 0.25) is 0 Å². The molecule has 0 rings (SSSR count). The summed E-state index contributed by atoms with van der Waals surface area (Å²) in [4.78, 5) is 20.2.